The molecule has 0 radical (unpaired) electrons. The lowest BCUT2D eigenvalue weighted by molar-refractivity contribution is -0.118. The highest BCUT2D eigenvalue weighted by atomic mass is 32.2. The normalized spacial score (nSPS) is 15.2. The second-order valence-electron chi connectivity index (χ2n) is 9.09. The van der Waals surface area contributed by atoms with Crippen LogP contribution in [0.4, 0.5) is 10.5 Å². The predicted octanol–water partition coefficient (Wildman–Crippen LogP) is 5.57. The molecule has 8 nitrogen and oxygen atoms in total. The monoisotopic (exact) mass is 524 g/mol. The molecule has 3 N–H and O–H groups in total. The van der Waals surface area contributed by atoms with E-state index in [-0.39, 0.29) is 16.4 Å². The molecule has 0 bridgehead atoms. The van der Waals surface area contributed by atoms with Gasteiger partial charge in [0.05, 0.1) is 16.3 Å². The van der Waals surface area contributed by atoms with E-state index >= 15 is 0 Å². The van der Waals surface area contributed by atoms with E-state index in [1.807, 2.05) is 90.5 Å². The molecule has 1 aliphatic rings. The van der Waals surface area contributed by atoms with Gasteiger partial charge in [-0.2, -0.15) is 0 Å². The lowest BCUT2D eigenvalue weighted by Crippen LogP contribution is -2.25. The van der Waals surface area contributed by atoms with Crippen molar-refractivity contribution in [3.05, 3.63) is 90.3 Å². The Labute approximate surface area is 222 Å². The van der Waals surface area contributed by atoms with Crippen LogP contribution in [-0.2, 0) is 24.9 Å². The van der Waals surface area contributed by atoms with Gasteiger partial charge in [-0.25, -0.2) is 4.98 Å². The summed E-state index contributed by atoms with van der Waals surface area (Å²) in [5.41, 5.74) is 9.55. The molecular formula is C29H24N4O4S. The number of carbonyl (C=O) groups excluding carboxylic acids is 2. The fourth-order valence-corrected chi connectivity index (χ4v) is 5.37. The van der Waals surface area contributed by atoms with Crippen molar-refractivity contribution in [3.63, 3.8) is 0 Å². The number of aromatic nitrogens is 2. The van der Waals surface area contributed by atoms with Crippen molar-refractivity contribution in [1.82, 2.24) is 14.9 Å². The maximum atomic E-state index is 11.8. The van der Waals surface area contributed by atoms with E-state index in [0.29, 0.717) is 24.5 Å². The number of amides is 2. The first kappa shape index (κ1) is 23.9. The third kappa shape index (κ3) is 4.76. The first-order chi connectivity index (χ1) is 18.4. The number of nitrogens with zero attached hydrogens (tertiary/aromatic N) is 2. The van der Waals surface area contributed by atoms with E-state index in [4.69, 9.17) is 20.2 Å². The molecule has 1 aliphatic heterocycles. The first-order valence-electron chi connectivity index (χ1n) is 12.1. The van der Waals surface area contributed by atoms with Gasteiger partial charge in [0.25, 0.3) is 5.24 Å². The number of nitrogens with two attached hydrogens (primary N) is 1. The van der Waals surface area contributed by atoms with Crippen LogP contribution in [0.3, 0.4) is 0 Å². The van der Waals surface area contributed by atoms with Crippen molar-refractivity contribution in [2.24, 2.45) is 7.05 Å². The molecule has 1 unspecified atom stereocenters. The minimum absolute atomic E-state index is 0.238. The molecule has 190 valence electrons. The molecule has 9 heteroatoms. The van der Waals surface area contributed by atoms with Crippen molar-refractivity contribution in [3.8, 4) is 17.2 Å². The van der Waals surface area contributed by atoms with Gasteiger partial charge in [-0.05, 0) is 65.9 Å². The summed E-state index contributed by atoms with van der Waals surface area (Å²) in [6, 6.07) is 25.0. The Morgan fingerprint density at radius 3 is 2.53 bits per heavy atom. The topological polar surface area (TPSA) is 108 Å². The molecule has 2 heterocycles. The maximum Gasteiger partial charge on any atom is 0.286 e. The minimum Gasteiger partial charge on any atom is -0.486 e. The number of imidazole rings is 1. The Bertz CT molecular complexity index is 1700. The zero-order valence-electron chi connectivity index (χ0n) is 20.5. The predicted molar refractivity (Wildman–Crippen MR) is 149 cm³/mol. The highest BCUT2D eigenvalue weighted by molar-refractivity contribution is 8.15. The number of hydrogen-bond donors (Lipinski definition) is 2. The summed E-state index contributed by atoms with van der Waals surface area (Å²) in [5.74, 6) is 2.68. The van der Waals surface area contributed by atoms with Gasteiger partial charge in [0.15, 0.2) is 0 Å². The number of carbonyl (C=O) groups is 2. The Kier molecular flexibility index (Phi) is 6.13. The van der Waals surface area contributed by atoms with Gasteiger partial charge in [0.1, 0.15) is 29.7 Å². The highest BCUT2D eigenvalue weighted by Crippen LogP contribution is 2.30. The third-order valence-corrected chi connectivity index (χ3v) is 7.53. The molecule has 1 aromatic heterocycles. The lowest BCUT2D eigenvalue weighted by Gasteiger charge is -2.09. The summed E-state index contributed by atoms with van der Waals surface area (Å²) in [5, 5.41) is 3.66. The molecular weight excluding hydrogens is 500 g/mol. The Hall–Kier alpha value is -4.50. The zero-order valence-corrected chi connectivity index (χ0v) is 21.3. The van der Waals surface area contributed by atoms with E-state index in [0.717, 1.165) is 56.4 Å². The molecule has 38 heavy (non-hydrogen) atoms. The van der Waals surface area contributed by atoms with Gasteiger partial charge >= 0.3 is 0 Å². The van der Waals surface area contributed by atoms with E-state index in [9.17, 15) is 9.59 Å². The van der Waals surface area contributed by atoms with Crippen LogP contribution >= 0.6 is 11.8 Å². The number of ether oxygens (including phenoxy) is 2. The summed E-state index contributed by atoms with van der Waals surface area (Å²) in [4.78, 5) is 27.9. The summed E-state index contributed by atoms with van der Waals surface area (Å²) in [6.07, 6.45) is 0.491. The van der Waals surface area contributed by atoms with E-state index in [1.165, 1.54) is 0 Å². The second kappa shape index (κ2) is 9.75. The lowest BCUT2D eigenvalue weighted by atomic mass is 10.1. The summed E-state index contributed by atoms with van der Waals surface area (Å²) in [6.45, 7) is 0.294. The van der Waals surface area contributed by atoms with Gasteiger partial charge in [-0.1, -0.05) is 36.0 Å². The fourth-order valence-electron chi connectivity index (χ4n) is 4.51. The van der Waals surface area contributed by atoms with Crippen molar-refractivity contribution >= 4 is 50.4 Å². The van der Waals surface area contributed by atoms with Crippen LogP contribution in [0.5, 0.6) is 17.2 Å². The molecule has 5 aromatic rings. The Balaban J connectivity index is 1.13. The van der Waals surface area contributed by atoms with Gasteiger partial charge in [-0.15, -0.1) is 0 Å². The van der Waals surface area contributed by atoms with Crippen molar-refractivity contribution in [2.45, 2.75) is 18.3 Å². The van der Waals surface area contributed by atoms with Crippen molar-refractivity contribution in [2.75, 3.05) is 5.73 Å². The highest BCUT2D eigenvalue weighted by Gasteiger charge is 2.31. The number of imide groups is 1. The number of rotatable bonds is 7. The van der Waals surface area contributed by atoms with Gasteiger partial charge in [-0.3, -0.25) is 14.9 Å². The molecule has 0 aliphatic carbocycles. The molecule has 1 fully saturated rings. The fraction of sp³-hybridized carbons (Fsp3) is 0.138. The second-order valence-corrected chi connectivity index (χ2v) is 10.3. The number of nitrogen functional groups attached to an aromatic ring is 1. The molecule has 4 aromatic carbocycles. The van der Waals surface area contributed by atoms with Crippen molar-refractivity contribution in [1.29, 1.82) is 0 Å². The van der Waals surface area contributed by atoms with Crippen LogP contribution in [-0.4, -0.2) is 25.9 Å². The molecule has 1 atom stereocenters. The van der Waals surface area contributed by atoms with Crippen LogP contribution in [0.25, 0.3) is 21.8 Å². The average Bonchev–Trinajstić information content (AvgIpc) is 3.40. The SMILES string of the molecule is Cn1c(COc2ccc(CC3SC(=O)NC3=O)cc2)nc2ccc(Oc3ccc4c(N)cccc4c3)cc21. The molecule has 1 saturated heterocycles. The van der Waals surface area contributed by atoms with E-state index < -0.39 is 0 Å². The van der Waals surface area contributed by atoms with Gasteiger partial charge in [0.2, 0.25) is 5.91 Å². The van der Waals surface area contributed by atoms with Gasteiger partial charge < -0.3 is 19.8 Å². The zero-order chi connectivity index (χ0) is 26.2. The number of hydrogen-bond acceptors (Lipinski definition) is 7. The summed E-state index contributed by atoms with van der Waals surface area (Å²) < 4.78 is 14.1. The number of aryl methyl sites for hydroxylation is 1. The Morgan fingerprint density at radius 1 is 0.974 bits per heavy atom. The number of thioether (sulfide) groups is 1. The van der Waals surface area contributed by atoms with Crippen LogP contribution in [0.2, 0.25) is 0 Å². The Morgan fingerprint density at radius 2 is 1.74 bits per heavy atom. The number of anilines is 1. The van der Waals surface area contributed by atoms with Gasteiger partial charge in [0, 0.05) is 24.2 Å². The number of fused-ring (bicyclic) bond motifs is 2. The standard InChI is InChI=1S/C29H24N4O4S/c1-33-25-15-21(37-20-9-11-22-18(14-20)3-2-4-23(22)30)10-12-24(25)31-27(33)16-36-19-7-5-17(6-8-19)13-26-28(34)32-29(35)38-26/h2-12,14-15,26H,13,16,30H2,1H3,(H,32,34,35). The summed E-state index contributed by atoms with van der Waals surface area (Å²) >= 11 is 1.03. The molecule has 6 rings (SSSR count). The van der Waals surface area contributed by atoms with Crippen molar-refractivity contribution < 1.29 is 19.1 Å². The quantitative estimate of drug-likeness (QED) is 0.268. The summed E-state index contributed by atoms with van der Waals surface area (Å²) in [7, 11) is 1.95. The maximum absolute atomic E-state index is 11.8. The number of benzene rings is 4. The van der Waals surface area contributed by atoms with E-state index in [1.54, 1.807) is 0 Å². The molecule has 2 amide bonds. The number of nitrogens with one attached hydrogen (secondary N) is 1. The van der Waals surface area contributed by atoms with E-state index in [2.05, 4.69) is 5.32 Å². The van der Waals surface area contributed by atoms with Crippen LogP contribution in [0.1, 0.15) is 11.4 Å². The molecule has 0 saturated carbocycles. The molecule has 0 spiro atoms. The van der Waals surface area contributed by atoms with Crippen LogP contribution in [0, 0.1) is 0 Å². The first-order valence-corrected chi connectivity index (χ1v) is 13.0. The van der Waals surface area contributed by atoms with Crippen LogP contribution in [0.15, 0.2) is 78.9 Å². The smallest absolute Gasteiger partial charge is 0.286 e. The third-order valence-electron chi connectivity index (χ3n) is 6.55. The minimum atomic E-state index is -0.386. The largest absolute Gasteiger partial charge is 0.486 e. The van der Waals surface area contributed by atoms with Crippen LogP contribution < -0.4 is 20.5 Å². The average molecular weight is 525 g/mol.